The topological polar surface area (TPSA) is 81.1 Å². The third kappa shape index (κ3) is 3.28. The number of amides is 1. The van der Waals surface area contributed by atoms with E-state index in [4.69, 9.17) is 0 Å². The molecular formula is C19H25N3O3S. The molecule has 6 nitrogen and oxygen atoms in total. The van der Waals surface area contributed by atoms with Crippen LogP contribution in [0.1, 0.15) is 59.1 Å². The Morgan fingerprint density at radius 1 is 1.12 bits per heavy atom. The molecule has 0 saturated heterocycles. The Hall–Kier alpha value is -2.15. The zero-order valence-corrected chi connectivity index (χ0v) is 16.9. The molecule has 0 spiro atoms. The van der Waals surface area contributed by atoms with Gasteiger partial charge in [0.05, 0.1) is 22.7 Å². The molecule has 1 N–H and O–H groups in total. The largest absolute Gasteiger partial charge is 0.306 e. The maximum absolute atomic E-state index is 13.0. The zero-order chi connectivity index (χ0) is 19.4. The van der Waals surface area contributed by atoms with Gasteiger partial charge in [-0.2, -0.15) is 5.10 Å². The molecule has 1 aliphatic heterocycles. The van der Waals surface area contributed by atoms with Crippen molar-refractivity contribution in [3.8, 4) is 0 Å². The second-order valence-electron chi connectivity index (χ2n) is 8.12. The number of nitrogens with one attached hydrogen (secondary N) is 1. The first-order chi connectivity index (χ1) is 11.9. The minimum absolute atomic E-state index is 0.0725. The Morgan fingerprint density at radius 3 is 2.23 bits per heavy atom. The summed E-state index contributed by atoms with van der Waals surface area (Å²) in [5, 5.41) is 7.44. The van der Waals surface area contributed by atoms with Gasteiger partial charge in [0.15, 0.2) is 9.84 Å². The minimum Gasteiger partial charge on any atom is -0.306 e. The van der Waals surface area contributed by atoms with Gasteiger partial charge in [0.25, 0.3) is 5.91 Å². The lowest BCUT2D eigenvalue weighted by molar-refractivity contribution is 0.102. The van der Waals surface area contributed by atoms with Crippen molar-refractivity contribution >= 4 is 21.6 Å². The molecule has 0 aliphatic carbocycles. The number of rotatable bonds is 2. The average Bonchev–Trinajstić information content (AvgIpc) is 2.90. The van der Waals surface area contributed by atoms with Gasteiger partial charge < -0.3 is 5.32 Å². The van der Waals surface area contributed by atoms with Gasteiger partial charge in [-0.15, -0.1) is 0 Å². The fourth-order valence-electron chi connectivity index (χ4n) is 3.56. The summed E-state index contributed by atoms with van der Waals surface area (Å²) in [5.41, 5.74) is 4.27. The quantitative estimate of drug-likeness (QED) is 0.874. The normalized spacial score (nSPS) is 15.8. The van der Waals surface area contributed by atoms with Crippen molar-refractivity contribution in [1.82, 2.24) is 9.78 Å². The summed E-state index contributed by atoms with van der Waals surface area (Å²) < 4.78 is 25.7. The maximum Gasteiger partial charge on any atom is 0.257 e. The first kappa shape index (κ1) is 18.6. The second kappa shape index (κ2) is 5.94. The predicted molar refractivity (Wildman–Crippen MR) is 102 cm³/mol. The number of aromatic nitrogens is 2. The van der Waals surface area contributed by atoms with E-state index in [0.717, 1.165) is 16.7 Å². The van der Waals surface area contributed by atoms with Gasteiger partial charge in [0.2, 0.25) is 0 Å². The fraction of sp³-hybridized carbons (Fsp3) is 0.474. The van der Waals surface area contributed by atoms with Gasteiger partial charge in [-0.05, 0) is 52.7 Å². The fourth-order valence-corrected chi connectivity index (χ4v) is 5.06. The maximum atomic E-state index is 13.0. The van der Waals surface area contributed by atoms with Crippen LogP contribution in [0.4, 0.5) is 5.82 Å². The Labute approximate surface area is 154 Å². The highest BCUT2D eigenvalue weighted by molar-refractivity contribution is 7.90. The highest BCUT2D eigenvalue weighted by Crippen LogP contribution is 2.34. The summed E-state index contributed by atoms with van der Waals surface area (Å²) in [6, 6.07) is 3.94. The van der Waals surface area contributed by atoms with Crippen molar-refractivity contribution in [1.29, 1.82) is 0 Å². The van der Waals surface area contributed by atoms with Crippen molar-refractivity contribution in [2.45, 2.75) is 58.6 Å². The van der Waals surface area contributed by atoms with Crippen LogP contribution < -0.4 is 5.32 Å². The molecule has 1 amide bonds. The molecule has 0 atom stereocenters. The number of benzene rings is 1. The van der Waals surface area contributed by atoms with E-state index in [-0.39, 0.29) is 23.0 Å². The molecule has 0 fully saturated rings. The number of aryl methyl sites for hydroxylation is 3. The number of anilines is 1. The predicted octanol–water partition coefficient (Wildman–Crippen LogP) is 3.24. The first-order valence-electron chi connectivity index (χ1n) is 8.60. The summed E-state index contributed by atoms with van der Waals surface area (Å²) in [5.74, 6) is 0.0898. The van der Waals surface area contributed by atoms with Crippen molar-refractivity contribution in [3.63, 3.8) is 0 Å². The standard InChI is InChI=1S/C19H25N3O3S/c1-11-7-12(2)16(13(3)8-11)18(23)20-17-14-9-26(24,25)10-15(14)21-22(17)19(4,5)6/h7-8H,9-10H2,1-6H3,(H,20,23). The van der Waals surface area contributed by atoms with E-state index in [1.165, 1.54) is 0 Å². The highest BCUT2D eigenvalue weighted by Gasteiger charge is 2.35. The molecule has 3 rings (SSSR count). The van der Waals surface area contributed by atoms with Crippen LogP contribution in [0.3, 0.4) is 0 Å². The third-order valence-electron chi connectivity index (χ3n) is 4.56. The number of fused-ring (bicyclic) bond motifs is 1. The van der Waals surface area contributed by atoms with Gasteiger partial charge in [-0.3, -0.25) is 4.79 Å². The van der Waals surface area contributed by atoms with Crippen LogP contribution in [0.2, 0.25) is 0 Å². The molecule has 2 aromatic rings. The number of hydrogen-bond acceptors (Lipinski definition) is 4. The highest BCUT2D eigenvalue weighted by atomic mass is 32.2. The molecule has 0 bridgehead atoms. The molecule has 2 heterocycles. The van der Waals surface area contributed by atoms with Crippen molar-refractivity contribution in [3.05, 3.63) is 45.6 Å². The lowest BCUT2D eigenvalue weighted by Crippen LogP contribution is -2.28. The van der Waals surface area contributed by atoms with Crippen LogP contribution in [0.5, 0.6) is 0 Å². The molecule has 0 radical (unpaired) electrons. The lowest BCUT2D eigenvalue weighted by atomic mass is 9.99. The Morgan fingerprint density at radius 2 is 1.69 bits per heavy atom. The van der Waals surface area contributed by atoms with E-state index in [0.29, 0.717) is 22.6 Å². The van der Waals surface area contributed by atoms with E-state index in [1.54, 1.807) is 4.68 Å². The lowest BCUT2D eigenvalue weighted by Gasteiger charge is -2.23. The van der Waals surface area contributed by atoms with Crippen LogP contribution >= 0.6 is 0 Å². The third-order valence-corrected chi connectivity index (χ3v) is 6.00. The number of carbonyl (C=O) groups excluding carboxylic acids is 1. The van der Waals surface area contributed by atoms with Crippen LogP contribution in [-0.2, 0) is 26.9 Å². The van der Waals surface area contributed by atoms with Crippen molar-refractivity contribution in [2.24, 2.45) is 0 Å². The van der Waals surface area contributed by atoms with E-state index in [2.05, 4.69) is 10.4 Å². The number of hydrogen-bond donors (Lipinski definition) is 1. The molecule has 1 aromatic carbocycles. The summed E-state index contributed by atoms with van der Waals surface area (Å²) in [6.07, 6.45) is 0. The van der Waals surface area contributed by atoms with Crippen LogP contribution in [-0.4, -0.2) is 24.1 Å². The van der Waals surface area contributed by atoms with E-state index in [1.807, 2.05) is 53.7 Å². The Bertz CT molecular complexity index is 988. The van der Waals surface area contributed by atoms with Gasteiger partial charge in [0.1, 0.15) is 5.82 Å². The summed E-state index contributed by atoms with van der Waals surface area (Å²) in [7, 11) is -3.20. The van der Waals surface area contributed by atoms with Crippen LogP contribution in [0, 0.1) is 20.8 Å². The van der Waals surface area contributed by atoms with E-state index in [9.17, 15) is 13.2 Å². The minimum atomic E-state index is -3.20. The summed E-state index contributed by atoms with van der Waals surface area (Å²) in [4.78, 5) is 13.0. The summed E-state index contributed by atoms with van der Waals surface area (Å²) in [6.45, 7) is 11.7. The average molecular weight is 375 g/mol. The second-order valence-corrected chi connectivity index (χ2v) is 10.2. The SMILES string of the molecule is Cc1cc(C)c(C(=O)Nc2c3c(nn2C(C)(C)C)CS(=O)(=O)C3)c(C)c1. The van der Waals surface area contributed by atoms with E-state index < -0.39 is 9.84 Å². The number of sulfone groups is 1. The van der Waals surface area contributed by atoms with Crippen LogP contribution in [0.15, 0.2) is 12.1 Å². The van der Waals surface area contributed by atoms with Gasteiger partial charge in [0, 0.05) is 11.1 Å². The van der Waals surface area contributed by atoms with Gasteiger partial charge >= 0.3 is 0 Å². The Kier molecular flexibility index (Phi) is 4.26. The van der Waals surface area contributed by atoms with Crippen molar-refractivity contribution in [2.75, 3.05) is 5.32 Å². The molecule has 1 aliphatic rings. The van der Waals surface area contributed by atoms with Crippen LogP contribution in [0.25, 0.3) is 0 Å². The van der Waals surface area contributed by atoms with Crippen molar-refractivity contribution < 1.29 is 13.2 Å². The Balaban J connectivity index is 2.07. The molecule has 0 unspecified atom stereocenters. The first-order valence-corrected chi connectivity index (χ1v) is 10.4. The monoisotopic (exact) mass is 375 g/mol. The number of nitrogens with zero attached hydrogens (tertiary/aromatic N) is 2. The molecule has 7 heteroatoms. The molecule has 1 aromatic heterocycles. The van der Waals surface area contributed by atoms with E-state index >= 15 is 0 Å². The molecule has 140 valence electrons. The van der Waals surface area contributed by atoms with Gasteiger partial charge in [-0.1, -0.05) is 17.7 Å². The molecule has 26 heavy (non-hydrogen) atoms. The molecule has 0 saturated carbocycles. The molecular weight excluding hydrogens is 350 g/mol. The van der Waals surface area contributed by atoms with Gasteiger partial charge in [-0.25, -0.2) is 13.1 Å². The smallest absolute Gasteiger partial charge is 0.257 e. The summed E-state index contributed by atoms with van der Waals surface area (Å²) >= 11 is 0. The number of carbonyl (C=O) groups is 1. The zero-order valence-electron chi connectivity index (χ0n) is 16.1.